The summed E-state index contributed by atoms with van der Waals surface area (Å²) in [6.07, 6.45) is 3.68. The first-order chi connectivity index (χ1) is 8.36. The Balaban J connectivity index is 1.67. The minimum atomic E-state index is 0.403. The standard InChI is InChI=1S/C12H19N3OS/c1-2-13-10-7-17-6-9(10)12-14-11(15-16-12)5-8-3-4-8/h8-10,13H,2-7H2,1H3. The molecule has 1 N–H and O–H groups in total. The molecule has 2 unspecified atom stereocenters. The van der Waals surface area contributed by atoms with Crippen LogP contribution in [0.4, 0.5) is 0 Å². The molecule has 1 aromatic heterocycles. The summed E-state index contributed by atoms with van der Waals surface area (Å²) in [5.41, 5.74) is 0. The highest BCUT2D eigenvalue weighted by molar-refractivity contribution is 7.99. The third kappa shape index (κ3) is 2.65. The van der Waals surface area contributed by atoms with Gasteiger partial charge in [0, 0.05) is 24.0 Å². The van der Waals surface area contributed by atoms with Gasteiger partial charge in [-0.05, 0) is 25.3 Å². The maximum Gasteiger partial charge on any atom is 0.232 e. The van der Waals surface area contributed by atoms with Crippen LogP contribution in [0.25, 0.3) is 0 Å². The zero-order valence-corrected chi connectivity index (χ0v) is 11.0. The van der Waals surface area contributed by atoms with Gasteiger partial charge >= 0.3 is 0 Å². The van der Waals surface area contributed by atoms with Crippen LogP contribution in [0.1, 0.15) is 37.4 Å². The van der Waals surface area contributed by atoms with Crippen molar-refractivity contribution in [2.45, 2.75) is 38.1 Å². The Morgan fingerprint density at radius 1 is 1.41 bits per heavy atom. The molecule has 4 nitrogen and oxygen atoms in total. The van der Waals surface area contributed by atoms with Gasteiger partial charge in [0.05, 0.1) is 5.92 Å². The lowest BCUT2D eigenvalue weighted by atomic mass is 10.0. The molecule has 17 heavy (non-hydrogen) atoms. The van der Waals surface area contributed by atoms with Crippen molar-refractivity contribution >= 4 is 11.8 Å². The molecule has 2 atom stereocenters. The zero-order valence-electron chi connectivity index (χ0n) is 10.2. The van der Waals surface area contributed by atoms with Gasteiger partial charge in [0.15, 0.2) is 5.82 Å². The van der Waals surface area contributed by atoms with E-state index in [1.165, 1.54) is 12.8 Å². The highest BCUT2D eigenvalue weighted by Crippen LogP contribution is 2.34. The van der Waals surface area contributed by atoms with Gasteiger partial charge in [-0.25, -0.2) is 0 Å². The molecule has 1 aliphatic heterocycles. The predicted molar refractivity (Wildman–Crippen MR) is 68.3 cm³/mol. The van der Waals surface area contributed by atoms with E-state index >= 15 is 0 Å². The molecule has 2 aliphatic rings. The average Bonchev–Trinajstić information content (AvgIpc) is 2.83. The van der Waals surface area contributed by atoms with Crippen molar-refractivity contribution in [2.75, 3.05) is 18.1 Å². The number of thioether (sulfide) groups is 1. The molecule has 1 saturated heterocycles. The Morgan fingerprint density at radius 2 is 2.29 bits per heavy atom. The molecule has 94 valence electrons. The number of hydrogen-bond acceptors (Lipinski definition) is 5. The summed E-state index contributed by atoms with van der Waals surface area (Å²) in [4.78, 5) is 4.57. The van der Waals surface area contributed by atoms with Crippen LogP contribution in [-0.2, 0) is 6.42 Å². The molecular formula is C12H19N3OS. The normalized spacial score (nSPS) is 28.8. The smallest absolute Gasteiger partial charge is 0.232 e. The van der Waals surface area contributed by atoms with Gasteiger partial charge in [-0.2, -0.15) is 16.7 Å². The van der Waals surface area contributed by atoms with E-state index < -0.39 is 0 Å². The lowest BCUT2D eigenvalue weighted by molar-refractivity contribution is 0.337. The molecule has 2 fully saturated rings. The van der Waals surface area contributed by atoms with Crippen LogP contribution < -0.4 is 5.32 Å². The number of nitrogens with zero attached hydrogens (tertiary/aromatic N) is 2. The lowest BCUT2D eigenvalue weighted by Crippen LogP contribution is -2.34. The number of aromatic nitrogens is 2. The van der Waals surface area contributed by atoms with Gasteiger partial charge in [-0.15, -0.1) is 0 Å². The minimum absolute atomic E-state index is 0.403. The quantitative estimate of drug-likeness (QED) is 0.867. The number of nitrogens with one attached hydrogen (secondary N) is 1. The second-order valence-electron chi connectivity index (χ2n) is 5.00. The SMILES string of the molecule is CCNC1CSCC1c1nc(CC2CC2)no1. The summed E-state index contributed by atoms with van der Waals surface area (Å²) in [6.45, 7) is 3.15. The van der Waals surface area contributed by atoms with E-state index in [1.54, 1.807) is 0 Å². The van der Waals surface area contributed by atoms with Crippen LogP contribution in [0.2, 0.25) is 0 Å². The van der Waals surface area contributed by atoms with E-state index in [0.717, 1.165) is 42.1 Å². The summed E-state index contributed by atoms with van der Waals surface area (Å²) in [6, 6.07) is 0.499. The molecule has 0 bridgehead atoms. The molecule has 0 radical (unpaired) electrons. The first-order valence-electron chi connectivity index (χ1n) is 6.50. The van der Waals surface area contributed by atoms with E-state index in [9.17, 15) is 0 Å². The third-order valence-corrected chi connectivity index (χ3v) is 4.71. The third-order valence-electron chi connectivity index (χ3n) is 3.52. The fourth-order valence-electron chi connectivity index (χ4n) is 2.34. The Hall–Kier alpha value is -0.550. The molecule has 0 aromatic carbocycles. The first-order valence-corrected chi connectivity index (χ1v) is 7.66. The van der Waals surface area contributed by atoms with E-state index in [4.69, 9.17) is 4.52 Å². The highest BCUT2D eigenvalue weighted by atomic mass is 32.2. The van der Waals surface area contributed by atoms with E-state index in [-0.39, 0.29) is 0 Å². The second kappa shape index (κ2) is 4.98. The van der Waals surface area contributed by atoms with Gasteiger partial charge < -0.3 is 9.84 Å². The molecule has 1 aromatic rings. The molecule has 1 saturated carbocycles. The van der Waals surface area contributed by atoms with Gasteiger partial charge in [0.2, 0.25) is 5.89 Å². The monoisotopic (exact) mass is 253 g/mol. The summed E-state index contributed by atoms with van der Waals surface area (Å²) in [7, 11) is 0. The predicted octanol–water partition coefficient (Wildman–Crippen LogP) is 1.83. The molecule has 0 amide bonds. The molecule has 5 heteroatoms. The van der Waals surface area contributed by atoms with Crippen LogP contribution >= 0.6 is 11.8 Å². The summed E-state index contributed by atoms with van der Waals surface area (Å²) >= 11 is 1.97. The van der Waals surface area contributed by atoms with Crippen molar-refractivity contribution in [3.8, 4) is 0 Å². The maximum atomic E-state index is 5.44. The summed E-state index contributed by atoms with van der Waals surface area (Å²) in [5.74, 6) is 5.23. The first kappa shape index (κ1) is 11.5. The maximum absolute atomic E-state index is 5.44. The van der Waals surface area contributed by atoms with Crippen LogP contribution in [0.3, 0.4) is 0 Å². The van der Waals surface area contributed by atoms with Gasteiger partial charge in [-0.1, -0.05) is 12.1 Å². The Bertz CT molecular complexity index is 378. The van der Waals surface area contributed by atoms with Crippen LogP contribution in [0.15, 0.2) is 4.52 Å². The molecule has 3 rings (SSSR count). The molecule has 1 aliphatic carbocycles. The Morgan fingerprint density at radius 3 is 3.06 bits per heavy atom. The van der Waals surface area contributed by atoms with E-state index in [1.807, 2.05) is 11.8 Å². The summed E-state index contributed by atoms with van der Waals surface area (Å²) in [5, 5.41) is 7.62. The number of likely N-dealkylation sites (N-methyl/N-ethyl adjacent to an activating group) is 1. The van der Waals surface area contributed by atoms with Gasteiger partial charge in [0.25, 0.3) is 0 Å². The highest BCUT2D eigenvalue weighted by Gasteiger charge is 2.33. The fourth-order valence-corrected chi connectivity index (χ4v) is 3.71. The van der Waals surface area contributed by atoms with Crippen LogP contribution in [-0.4, -0.2) is 34.2 Å². The number of hydrogen-bond donors (Lipinski definition) is 1. The van der Waals surface area contributed by atoms with Crippen LogP contribution in [0, 0.1) is 5.92 Å². The van der Waals surface area contributed by atoms with Crippen molar-refractivity contribution in [1.29, 1.82) is 0 Å². The molecular weight excluding hydrogens is 234 g/mol. The van der Waals surface area contributed by atoms with Gasteiger partial charge in [-0.3, -0.25) is 0 Å². The lowest BCUT2D eigenvalue weighted by Gasteiger charge is -2.15. The summed E-state index contributed by atoms with van der Waals surface area (Å²) < 4.78 is 5.44. The average molecular weight is 253 g/mol. The largest absolute Gasteiger partial charge is 0.339 e. The molecule has 2 heterocycles. The van der Waals surface area contributed by atoms with Crippen molar-refractivity contribution in [2.24, 2.45) is 5.92 Å². The van der Waals surface area contributed by atoms with E-state index in [0.29, 0.717) is 12.0 Å². The Labute approximate surface area is 106 Å². The minimum Gasteiger partial charge on any atom is -0.339 e. The molecule has 0 spiro atoms. The van der Waals surface area contributed by atoms with Crippen molar-refractivity contribution in [3.63, 3.8) is 0 Å². The van der Waals surface area contributed by atoms with Crippen LogP contribution in [0.5, 0.6) is 0 Å². The van der Waals surface area contributed by atoms with Crippen molar-refractivity contribution < 1.29 is 4.52 Å². The topological polar surface area (TPSA) is 51.0 Å². The second-order valence-corrected chi connectivity index (χ2v) is 6.08. The fraction of sp³-hybridized carbons (Fsp3) is 0.833. The number of rotatable bonds is 5. The van der Waals surface area contributed by atoms with Gasteiger partial charge in [0.1, 0.15) is 0 Å². The Kier molecular flexibility index (Phi) is 3.38. The van der Waals surface area contributed by atoms with Crippen molar-refractivity contribution in [3.05, 3.63) is 11.7 Å². The zero-order chi connectivity index (χ0) is 11.7. The van der Waals surface area contributed by atoms with Crippen molar-refractivity contribution in [1.82, 2.24) is 15.5 Å². The van der Waals surface area contributed by atoms with E-state index in [2.05, 4.69) is 22.4 Å².